The van der Waals surface area contributed by atoms with Gasteiger partial charge in [0, 0.05) is 18.2 Å². The van der Waals surface area contributed by atoms with Crippen molar-refractivity contribution in [2.75, 3.05) is 34.0 Å². The molecule has 8 nitrogen and oxygen atoms in total. The van der Waals surface area contributed by atoms with Gasteiger partial charge < -0.3 is 29.6 Å². The topological polar surface area (TPSA) is 95.1 Å². The SMILES string of the molecule is COc1cc(OC)cc(C(=O)N[C@H](C(=O)NCCc2cc(Cl)c3c(c2)OCCO3)C(C)C)c1. The smallest absolute Gasteiger partial charge is 0.252 e. The monoisotopic (exact) mass is 476 g/mol. The zero-order chi connectivity index (χ0) is 24.0. The number of ether oxygens (including phenoxy) is 4. The second-order valence-electron chi connectivity index (χ2n) is 7.94. The molecule has 1 aliphatic rings. The normalized spacial score (nSPS) is 13.3. The molecule has 0 aromatic heterocycles. The van der Waals surface area contributed by atoms with Crippen LogP contribution in [0.3, 0.4) is 0 Å². The maximum Gasteiger partial charge on any atom is 0.252 e. The van der Waals surface area contributed by atoms with Crippen LogP contribution in [-0.2, 0) is 11.2 Å². The molecule has 1 atom stereocenters. The van der Waals surface area contributed by atoms with E-state index in [1.54, 1.807) is 24.3 Å². The van der Waals surface area contributed by atoms with E-state index < -0.39 is 6.04 Å². The molecule has 0 spiro atoms. The van der Waals surface area contributed by atoms with E-state index in [9.17, 15) is 9.59 Å². The van der Waals surface area contributed by atoms with Crippen LogP contribution in [0.4, 0.5) is 0 Å². The first-order chi connectivity index (χ1) is 15.8. The minimum Gasteiger partial charge on any atom is -0.497 e. The second kappa shape index (κ2) is 11.1. The quantitative estimate of drug-likeness (QED) is 0.577. The lowest BCUT2D eigenvalue weighted by Crippen LogP contribution is -2.50. The van der Waals surface area contributed by atoms with Gasteiger partial charge in [0.25, 0.3) is 5.91 Å². The van der Waals surface area contributed by atoms with E-state index in [1.165, 1.54) is 14.2 Å². The molecule has 9 heteroatoms. The number of carbonyl (C=O) groups is 2. The van der Waals surface area contributed by atoms with Crippen molar-refractivity contribution in [3.8, 4) is 23.0 Å². The molecule has 0 saturated carbocycles. The molecule has 0 fully saturated rings. The third-order valence-corrected chi connectivity index (χ3v) is 5.50. The molecule has 2 aromatic rings. The number of rotatable bonds is 9. The van der Waals surface area contributed by atoms with Crippen molar-refractivity contribution in [3.63, 3.8) is 0 Å². The second-order valence-corrected chi connectivity index (χ2v) is 8.35. The van der Waals surface area contributed by atoms with Gasteiger partial charge in [-0.3, -0.25) is 9.59 Å². The minimum atomic E-state index is -0.710. The predicted molar refractivity (Wildman–Crippen MR) is 125 cm³/mol. The summed E-state index contributed by atoms with van der Waals surface area (Å²) in [5.74, 6) is 1.36. The van der Waals surface area contributed by atoms with Gasteiger partial charge >= 0.3 is 0 Å². The molecular weight excluding hydrogens is 448 g/mol. The number of carbonyl (C=O) groups excluding carboxylic acids is 2. The molecule has 0 saturated heterocycles. The zero-order valence-electron chi connectivity index (χ0n) is 19.2. The third kappa shape index (κ3) is 6.22. The Kier molecular flexibility index (Phi) is 8.27. The van der Waals surface area contributed by atoms with Crippen molar-refractivity contribution in [2.45, 2.75) is 26.3 Å². The average molecular weight is 477 g/mol. The summed E-state index contributed by atoms with van der Waals surface area (Å²) in [6.07, 6.45) is 0.550. The lowest BCUT2D eigenvalue weighted by atomic mass is 10.0. The Balaban J connectivity index is 1.61. The first-order valence-electron chi connectivity index (χ1n) is 10.7. The lowest BCUT2D eigenvalue weighted by molar-refractivity contribution is -0.123. The van der Waals surface area contributed by atoms with Crippen LogP contribution in [0.15, 0.2) is 30.3 Å². The fraction of sp³-hybridized carbons (Fsp3) is 0.417. The van der Waals surface area contributed by atoms with Gasteiger partial charge in [-0.1, -0.05) is 25.4 Å². The minimum absolute atomic E-state index is 0.120. The molecule has 33 heavy (non-hydrogen) atoms. The van der Waals surface area contributed by atoms with Crippen molar-refractivity contribution < 1.29 is 28.5 Å². The Morgan fingerprint density at radius 1 is 1.03 bits per heavy atom. The molecule has 0 aliphatic carbocycles. The Labute approximate surface area is 198 Å². The molecule has 3 rings (SSSR count). The summed E-state index contributed by atoms with van der Waals surface area (Å²) in [5.41, 5.74) is 1.26. The van der Waals surface area contributed by atoms with Gasteiger partial charge in [-0.2, -0.15) is 0 Å². The number of hydrogen-bond acceptors (Lipinski definition) is 6. The number of methoxy groups -OCH3 is 2. The number of fused-ring (bicyclic) bond motifs is 1. The molecule has 0 bridgehead atoms. The molecule has 1 aliphatic heterocycles. The van der Waals surface area contributed by atoms with Gasteiger partial charge in [0.05, 0.1) is 19.2 Å². The van der Waals surface area contributed by atoms with E-state index in [-0.39, 0.29) is 17.7 Å². The average Bonchev–Trinajstić information content (AvgIpc) is 2.81. The fourth-order valence-corrected chi connectivity index (χ4v) is 3.73. The van der Waals surface area contributed by atoms with Gasteiger partial charge in [-0.05, 0) is 42.2 Å². The highest BCUT2D eigenvalue weighted by molar-refractivity contribution is 6.32. The first-order valence-corrected chi connectivity index (χ1v) is 11.1. The van der Waals surface area contributed by atoms with E-state index >= 15 is 0 Å². The Hall–Kier alpha value is -3.13. The maximum atomic E-state index is 12.8. The number of nitrogens with one attached hydrogen (secondary N) is 2. The summed E-state index contributed by atoms with van der Waals surface area (Å²) in [5, 5.41) is 6.19. The predicted octanol–water partition coefficient (Wildman–Crippen LogP) is 3.24. The first kappa shape index (κ1) is 24.5. The van der Waals surface area contributed by atoms with E-state index in [1.807, 2.05) is 19.9 Å². The Bertz CT molecular complexity index is 988. The van der Waals surface area contributed by atoms with Crippen molar-refractivity contribution in [3.05, 3.63) is 46.5 Å². The van der Waals surface area contributed by atoms with Crippen LogP contribution < -0.4 is 29.6 Å². The molecule has 2 amide bonds. The molecule has 1 heterocycles. The molecule has 2 N–H and O–H groups in total. The molecule has 0 unspecified atom stereocenters. The molecule has 2 aromatic carbocycles. The summed E-state index contributed by atoms with van der Waals surface area (Å²) < 4.78 is 21.6. The maximum absolute atomic E-state index is 12.8. The summed E-state index contributed by atoms with van der Waals surface area (Å²) in [6.45, 7) is 5.06. The number of halogens is 1. The van der Waals surface area contributed by atoms with Gasteiger partial charge in [-0.15, -0.1) is 0 Å². The highest BCUT2D eigenvalue weighted by Crippen LogP contribution is 2.38. The van der Waals surface area contributed by atoms with Gasteiger partial charge in [0.15, 0.2) is 11.5 Å². The van der Waals surface area contributed by atoms with Crippen LogP contribution in [0, 0.1) is 5.92 Å². The van der Waals surface area contributed by atoms with Crippen molar-refractivity contribution in [1.29, 1.82) is 0 Å². The zero-order valence-corrected chi connectivity index (χ0v) is 20.0. The van der Waals surface area contributed by atoms with Crippen LogP contribution >= 0.6 is 11.6 Å². The number of hydrogen-bond donors (Lipinski definition) is 2. The number of benzene rings is 2. The van der Waals surface area contributed by atoms with E-state index in [0.717, 1.165) is 5.56 Å². The van der Waals surface area contributed by atoms with Crippen LogP contribution in [-0.4, -0.2) is 51.8 Å². The fourth-order valence-electron chi connectivity index (χ4n) is 3.45. The van der Waals surface area contributed by atoms with Crippen molar-refractivity contribution in [1.82, 2.24) is 10.6 Å². The summed E-state index contributed by atoms with van der Waals surface area (Å²) in [6, 6.07) is 7.83. The Morgan fingerprint density at radius 2 is 1.70 bits per heavy atom. The molecule has 0 radical (unpaired) electrons. The summed E-state index contributed by atoms with van der Waals surface area (Å²) in [4.78, 5) is 25.7. The van der Waals surface area contributed by atoms with Crippen LogP contribution in [0.5, 0.6) is 23.0 Å². The standard InChI is InChI=1S/C24H29ClN2O6/c1-14(2)21(27-23(28)16-11-17(30-3)13-18(12-16)31-4)24(29)26-6-5-15-9-19(25)22-20(10-15)32-7-8-33-22/h9-14,21H,5-8H2,1-4H3,(H,26,29)(H,27,28)/t21-/m0/s1. The summed E-state index contributed by atoms with van der Waals surface area (Å²) >= 11 is 6.28. The highest BCUT2D eigenvalue weighted by Gasteiger charge is 2.25. The largest absolute Gasteiger partial charge is 0.497 e. The van der Waals surface area contributed by atoms with E-state index in [0.29, 0.717) is 59.8 Å². The van der Waals surface area contributed by atoms with Crippen LogP contribution in [0.2, 0.25) is 5.02 Å². The molecular formula is C24H29ClN2O6. The van der Waals surface area contributed by atoms with Gasteiger partial charge in [0.2, 0.25) is 5.91 Å². The van der Waals surface area contributed by atoms with Gasteiger partial charge in [0.1, 0.15) is 30.8 Å². The Morgan fingerprint density at radius 3 is 2.33 bits per heavy atom. The van der Waals surface area contributed by atoms with E-state index in [4.69, 9.17) is 30.5 Å². The van der Waals surface area contributed by atoms with Crippen LogP contribution in [0.1, 0.15) is 29.8 Å². The van der Waals surface area contributed by atoms with Gasteiger partial charge in [-0.25, -0.2) is 0 Å². The number of amides is 2. The molecule has 178 valence electrons. The van der Waals surface area contributed by atoms with Crippen LogP contribution in [0.25, 0.3) is 0 Å². The van der Waals surface area contributed by atoms with E-state index in [2.05, 4.69) is 10.6 Å². The third-order valence-electron chi connectivity index (χ3n) is 5.22. The highest BCUT2D eigenvalue weighted by atomic mass is 35.5. The summed E-state index contributed by atoms with van der Waals surface area (Å²) in [7, 11) is 3.02. The van der Waals surface area contributed by atoms with Crippen molar-refractivity contribution >= 4 is 23.4 Å². The van der Waals surface area contributed by atoms with Crippen molar-refractivity contribution in [2.24, 2.45) is 5.92 Å². The lowest BCUT2D eigenvalue weighted by Gasteiger charge is -2.22.